The molecule has 0 spiro atoms. The van der Waals surface area contributed by atoms with Gasteiger partial charge in [-0.15, -0.1) is 6.58 Å². The summed E-state index contributed by atoms with van der Waals surface area (Å²) in [6, 6.07) is 7.91. The Kier molecular flexibility index (Phi) is 2.44. The number of rotatable bonds is 2. The molecular formula is C14H15N3O. The van der Waals surface area contributed by atoms with Gasteiger partial charge in [0.2, 0.25) is 11.9 Å². The lowest BCUT2D eigenvalue weighted by molar-refractivity contribution is -0.117. The third-order valence-electron chi connectivity index (χ3n) is 3.49. The third-order valence-corrected chi connectivity index (χ3v) is 3.49. The summed E-state index contributed by atoms with van der Waals surface area (Å²) in [6.07, 6.45) is 2.38. The molecular weight excluding hydrogens is 226 g/mol. The number of carbonyl (C=O) groups is 1. The number of anilines is 1. The molecule has 0 saturated carbocycles. The van der Waals surface area contributed by atoms with E-state index in [2.05, 4.69) is 11.6 Å². The van der Waals surface area contributed by atoms with Gasteiger partial charge in [-0.2, -0.15) is 0 Å². The lowest BCUT2D eigenvalue weighted by Crippen LogP contribution is -2.27. The average Bonchev–Trinajstić information content (AvgIpc) is 2.91. The second-order valence-corrected chi connectivity index (χ2v) is 4.66. The van der Waals surface area contributed by atoms with Crippen LogP contribution in [0.25, 0.3) is 11.0 Å². The Balaban J connectivity index is 2.07. The van der Waals surface area contributed by atoms with Gasteiger partial charge < -0.3 is 4.57 Å². The van der Waals surface area contributed by atoms with Crippen LogP contribution in [0, 0.1) is 5.92 Å². The summed E-state index contributed by atoms with van der Waals surface area (Å²) in [6.45, 7) is 4.44. The molecule has 4 heteroatoms. The molecule has 0 N–H and O–H groups in total. The van der Waals surface area contributed by atoms with Crippen LogP contribution in [0.5, 0.6) is 0 Å². The molecule has 2 aromatic rings. The van der Waals surface area contributed by atoms with Crippen molar-refractivity contribution >= 4 is 22.9 Å². The van der Waals surface area contributed by atoms with Crippen LogP contribution in [0.15, 0.2) is 36.9 Å². The summed E-state index contributed by atoms with van der Waals surface area (Å²) >= 11 is 0. The zero-order chi connectivity index (χ0) is 12.7. The first-order chi connectivity index (χ1) is 8.70. The molecule has 0 radical (unpaired) electrons. The van der Waals surface area contributed by atoms with E-state index in [4.69, 9.17) is 0 Å². The van der Waals surface area contributed by atoms with Gasteiger partial charge in [0.05, 0.1) is 11.0 Å². The number of para-hydroxylation sites is 2. The predicted octanol–water partition coefficient (Wildman–Crippen LogP) is 2.11. The first-order valence-corrected chi connectivity index (χ1v) is 6.05. The average molecular weight is 241 g/mol. The maximum absolute atomic E-state index is 12.0. The monoisotopic (exact) mass is 241 g/mol. The highest BCUT2D eigenvalue weighted by Crippen LogP contribution is 2.27. The number of hydrogen-bond donors (Lipinski definition) is 0. The summed E-state index contributed by atoms with van der Waals surface area (Å²) in [4.78, 5) is 18.3. The van der Waals surface area contributed by atoms with Crippen molar-refractivity contribution in [2.75, 3.05) is 11.4 Å². The summed E-state index contributed by atoms with van der Waals surface area (Å²) in [5.41, 5.74) is 1.97. The number of hydrogen-bond acceptors (Lipinski definition) is 2. The number of carbonyl (C=O) groups excluding carboxylic acids is 1. The van der Waals surface area contributed by atoms with Gasteiger partial charge in [0, 0.05) is 25.9 Å². The SMILES string of the molecule is C=CC1CC(=O)N(c2nc3ccccc3n2C)C1. The van der Waals surface area contributed by atoms with Gasteiger partial charge in [0.15, 0.2) is 0 Å². The Morgan fingerprint density at radius 3 is 2.89 bits per heavy atom. The molecule has 2 heterocycles. The normalized spacial score (nSPS) is 19.7. The number of fused-ring (bicyclic) bond motifs is 1. The van der Waals surface area contributed by atoms with E-state index in [0.717, 1.165) is 17.0 Å². The Hall–Kier alpha value is -2.10. The van der Waals surface area contributed by atoms with Gasteiger partial charge in [-0.3, -0.25) is 9.69 Å². The molecule has 1 unspecified atom stereocenters. The van der Waals surface area contributed by atoms with Crippen molar-refractivity contribution in [1.82, 2.24) is 9.55 Å². The molecule has 1 aliphatic rings. The smallest absolute Gasteiger partial charge is 0.229 e. The van der Waals surface area contributed by atoms with Crippen LogP contribution >= 0.6 is 0 Å². The number of amides is 1. The highest BCUT2D eigenvalue weighted by molar-refractivity contribution is 5.96. The molecule has 1 aliphatic heterocycles. The fourth-order valence-electron chi connectivity index (χ4n) is 2.46. The van der Waals surface area contributed by atoms with Crippen LogP contribution in [-0.2, 0) is 11.8 Å². The van der Waals surface area contributed by atoms with E-state index in [-0.39, 0.29) is 11.8 Å². The molecule has 1 aromatic heterocycles. The lowest BCUT2D eigenvalue weighted by Gasteiger charge is -2.14. The van der Waals surface area contributed by atoms with Gasteiger partial charge in [0.25, 0.3) is 0 Å². The first kappa shape index (κ1) is 11.0. The van der Waals surface area contributed by atoms with Crippen LogP contribution in [0.2, 0.25) is 0 Å². The standard InChI is InChI=1S/C14H15N3O/c1-3-10-8-13(18)17(9-10)14-15-11-6-4-5-7-12(11)16(14)2/h3-7,10H,1,8-9H2,2H3. The second-order valence-electron chi connectivity index (χ2n) is 4.66. The molecule has 1 aromatic carbocycles. The zero-order valence-corrected chi connectivity index (χ0v) is 10.3. The molecule has 0 aliphatic carbocycles. The van der Waals surface area contributed by atoms with Crippen molar-refractivity contribution in [3.8, 4) is 0 Å². The Morgan fingerprint density at radius 1 is 1.44 bits per heavy atom. The van der Waals surface area contributed by atoms with Gasteiger partial charge in [-0.05, 0) is 12.1 Å². The number of aromatic nitrogens is 2. The fourth-order valence-corrected chi connectivity index (χ4v) is 2.46. The molecule has 4 nitrogen and oxygen atoms in total. The van der Waals surface area contributed by atoms with E-state index in [0.29, 0.717) is 13.0 Å². The van der Waals surface area contributed by atoms with Crippen molar-refractivity contribution in [1.29, 1.82) is 0 Å². The van der Waals surface area contributed by atoms with Crippen molar-refractivity contribution in [2.45, 2.75) is 6.42 Å². The highest BCUT2D eigenvalue weighted by Gasteiger charge is 2.31. The quantitative estimate of drug-likeness (QED) is 0.755. The van der Waals surface area contributed by atoms with Crippen LogP contribution in [0.3, 0.4) is 0 Å². The van der Waals surface area contributed by atoms with Gasteiger partial charge in [-0.25, -0.2) is 4.98 Å². The molecule has 1 saturated heterocycles. The van der Waals surface area contributed by atoms with Crippen molar-refractivity contribution in [3.05, 3.63) is 36.9 Å². The van der Waals surface area contributed by atoms with E-state index in [9.17, 15) is 4.79 Å². The molecule has 1 atom stereocenters. The first-order valence-electron chi connectivity index (χ1n) is 6.05. The number of benzene rings is 1. The molecule has 1 fully saturated rings. The minimum Gasteiger partial charge on any atom is -0.313 e. The van der Waals surface area contributed by atoms with Crippen LogP contribution in [0.4, 0.5) is 5.95 Å². The zero-order valence-electron chi connectivity index (χ0n) is 10.3. The van der Waals surface area contributed by atoms with E-state index in [1.807, 2.05) is 42.0 Å². The van der Waals surface area contributed by atoms with Crippen molar-refractivity contribution in [2.24, 2.45) is 13.0 Å². The number of imidazole rings is 1. The molecule has 3 rings (SSSR count). The molecule has 18 heavy (non-hydrogen) atoms. The summed E-state index contributed by atoms with van der Waals surface area (Å²) in [5, 5.41) is 0. The maximum Gasteiger partial charge on any atom is 0.229 e. The summed E-state index contributed by atoms with van der Waals surface area (Å²) in [7, 11) is 1.94. The highest BCUT2D eigenvalue weighted by atomic mass is 16.2. The van der Waals surface area contributed by atoms with E-state index >= 15 is 0 Å². The van der Waals surface area contributed by atoms with Gasteiger partial charge in [0.1, 0.15) is 0 Å². The summed E-state index contributed by atoms with van der Waals surface area (Å²) < 4.78 is 1.97. The summed E-state index contributed by atoms with van der Waals surface area (Å²) in [5.74, 6) is 1.08. The fraction of sp³-hybridized carbons (Fsp3) is 0.286. The topological polar surface area (TPSA) is 38.1 Å². The minimum atomic E-state index is 0.123. The van der Waals surface area contributed by atoms with Crippen LogP contribution in [-0.4, -0.2) is 22.0 Å². The Morgan fingerprint density at radius 2 is 2.22 bits per heavy atom. The van der Waals surface area contributed by atoms with E-state index < -0.39 is 0 Å². The largest absolute Gasteiger partial charge is 0.313 e. The minimum absolute atomic E-state index is 0.123. The van der Waals surface area contributed by atoms with Crippen LogP contribution in [0.1, 0.15) is 6.42 Å². The second kappa shape index (κ2) is 3.98. The van der Waals surface area contributed by atoms with E-state index in [1.54, 1.807) is 4.90 Å². The van der Waals surface area contributed by atoms with E-state index in [1.165, 1.54) is 0 Å². The number of nitrogens with zero attached hydrogens (tertiary/aromatic N) is 3. The van der Waals surface area contributed by atoms with Gasteiger partial charge >= 0.3 is 0 Å². The third kappa shape index (κ3) is 1.53. The molecule has 92 valence electrons. The Bertz CT molecular complexity index is 629. The van der Waals surface area contributed by atoms with Gasteiger partial charge in [-0.1, -0.05) is 18.2 Å². The van der Waals surface area contributed by atoms with Crippen LogP contribution < -0.4 is 4.90 Å². The lowest BCUT2D eigenvalue weighted by atomic mass is 10.1. The van der Waals surface area contributed by atoms with Crippen molar-refractivity contribution in [3.63, 3.8) is 0 Å². The predicted molar refractivity (Wildman–Crippen MR) is 71.4 cm³/mol. The van der Waals surface area contributed by atoms with Crippen molar-refractivity contribution < 1.29 is 4.79 Å². The number of aryl methyl sites for hydroxylation is 1. The molecule has 1 amide bonds. The molecule has 0 bridgehead atoms. The Labute approximate surface area is 106 Å². The maximum atomic E-state index is 12.0.